The molecule has 2 rings (SSSR count). The number of benzene rings is 1. The summed E-state index contributed by atoms with van der Waals surface area (Å²) in [5, 5.41) is 3.31. The first-order valence-corrected chi connectivity index (χ1v) is 10.3. The Labute approximate surface area is 172 Å². The van der Waals surface area contributed by atoms with Gasteiger partial charge in [-0.1, -0.05) is 24.3 Å². The topological polar surface area (TPSA) is 69.4 Å². The van der Waals surface area contributed by atoms with E-state index in [9.17, 15) is 0 Å². The SMILES string of the molecule is CNc1ccc(/C=C/c2ccc(OSC(C)COC(C)(C)CCN)nc2)cc1. The Hall–Kier alpha value is -2.02. The van der Waals surface area contributed by atoms with Crippen molar-refractivity contribution >= 4 is 29.9 Å². The summed E-state index contributed by atoms with van der Waals surface area (Å²) in [7, 11) is 1.91. The van der Waals surface area contributed by atoms with E-state index in [1.54, 1.807) is 6.20 Å². The minimum atomic E-state index is -0.205. The Bertz CT molecular complexity index is 730. The van der Waals surface area contributed by atoms with Gasteiger partial charge in [-0.05, 0) is 63.1 Å². The molecule has 1 aromatic carbocycles. The van der Waals surface area contributed by atoms with Crippen LogP contribution < -0.4 is 15.2 Å². The lowest BCUT2D eigenvalue weighted by molar-refractivity contribution is -0.0196. The van der Waals surface area contributed by atoms with Crippen LogP contribution in [0.4, 0.5) is 5.69 Å². The van der Waals surface area contributed by atoms with Gasteiger partial charge in [-0.3, -0.25) is 0 Å². The average molecular weight is 402 g/mol. The van der Waals surface area contributed by atoms with Gasteiger partial charge in [0, 0.05) is 25.0 Å². The number of hydrogen-bond donors (Lipinski definition) is 2. The predicted octanol–water partition coefficient (Wildman–Crippen LogP) is 4.85. The summed E-state index contributed by atoms with van der Waals surface area (Å²) in [5.41, 5.74) is 8.66. The quantitative estimate of drug-likeness (QED) is 0.524. The molecular weight excluding hydrogens is 370 g/mol. The van der Waals surface area contributed by atoms with Crippen LogP contribution >= 0.6 is 12.0 Å². The normalized spacial score (nSPS) is 12.9. The fourth-order valence-corrected chi connectivity index (χ4v) is 2.90. The van der Waals surface area contributed by atoms with Crippen LogP contribution in [0.25, 0.3) is 12.2 Å². The Kier molecular flexibility index (Phi) is 8.83. The van der Waals surface area contributed by atoms with Crippen LogP contribution in [0.5, 0.6) is 5.88 Å². The van der Waals surface area contributed by atoms with Crippen LogP contribution in [0.15, 0.2) is 42.6 Å². The maximum absolute atomic E-state index is 5.91. The van der Waals surface area contributed by atoms with Crippen molar-refractivity contribution in [3.63, 3.8) is 0 Å². The van der Waals surface area contributed by atoms with Crippen molar-refractivity contribution in [2.45, 2.75) is 38.0 Å². The van der Waals surface area contributed by atoms with Crippen molar-refractivity contribution in [2.24, 2.45) is 5.73 Å². The summed E-state index contributed by atoms with van der Waals surface area (Å²) in [6.45, 7) is 7.41. The summed E-state index contributed by atoms with van der Waals surface area (Å²) in [4.78, 5) is 4.37. The first kappa shape index (κ1) is 22.3. The van der Waals surface area contributed by atoms with Gasteiger partial charge in [0.25, 0.3) is 0 Å². The lowest BCUT2D eigenvalue weighted by Crippen LogP contribution is -2.30. The molecule has 0 amide bonds. The first-order valence-electron chi connectivity index (χ1n) is 9.51. The molecule has 0 fully saturated rings. The molecule has 1 heterocycles. The van der Waals surface area contributed by atoms with Gasteiger partial charge in [0.2, 0.25) is 5.88 Å². The third kappa shape index (κ3) is 7.92. The van der Waals surface area contributed by atoms with Gasteiger partial charge >= 0.3 is 0 Å². The maximum Gasteiger partial charge on any atom is 0.227 e. The molecule has 0 aliphatic rings. The highest BCUT2D eigenvalue weighted by molar-refractivity contribution is 7.95. The Balaban J connectivity index is 1.79. The van der Waals surface area contributed by atoms with Crippen molar-refractivity contribution in [3.8, 4) is 5.88 Å². The van der Waals surface area contributed by atoms with Crippen molar-refractivity contribution in [1.82, 2.24) is 4.98 Å². The molecule has 0 radical (unpaired) electrons. The van der Waals surface area contributed by atoms with E-state index < -0.39 is 0 Å². The van der Waals surface area contributed by atoms with Crippen molar-refractivity contribution in [2.75, 3.05) is 25.5 Å². The largest absolute Gasteiger partial charge is 0.405 e. The second-order valence-electron chi connectivity index (χ2n) is 7.23. The van der Waals surface area contributed by atoms with Gasteiger partial charge < -0.3 is 20.0 Å². The predicted molar refractivity (Wildman–Crippen MR) is 121 cm³/mol. The molecule has 2 aromatic rings. The van der Waals surface area contributed by atoms with Crippen molar-refractivity contribution in [3.05, 3.63) is 53.7 Å². The molecule has 1 unspecified atom stereocenters. The smallest absolute Gasteiger partial charge is 0.227 e. The molecular formula is C22H31N3O2S. The van der Waals surface area contributed by atoms with Gasteiger partial charge in [0.05, 0.1) is 29.5 Å². The lowest BCUT2D eigenvalue weighted by atomic mass is 10.1. The number of aromatic nitrogens is 1. The Morgan fingerprint density at radius 3 is 2.43 bits per heavy atom. The third-order valence-corrected chi connectivity index (χ3v) is 4.91. The molecule has 0 saturated carbocycles. The van der Waals surface area contributed by atoms with E-state index in [1.807, 2.05) is 37.4 Å². The highest BCUT2D eigenvalue weighted by Gasteiger charge is 2.19. The minimum absolute atomic E-state index is 0.194. The number of anilines is 1. The summed E-state index contributed by atoms with van der Waals surface area (Å²) in [6.07, 6.45) is 6.74. The standard InChI is InChI=1S/C22H31N3O2S/c1-17(16-26-22(2,3)13-14-23)28-27-21-12-9-19(15-25-21)6-5-18-7-10-20(24-4)11-8-18/h5-12,15,17,24H,13-14,16,23H2,1-4H3/b6-5+. The van der Waals surface area contributed by atoms with Crippen LogP contribution in [0.2, 0.25) is 0 Å². The second kappa shape index (κ2) is 11.1. The Morgan fingerprint density at radius 2 is 1.82 bits per heavy atom. The van der Waals surface area contributed by atoms with Crippen LogP contribution in [-0.4, -0.2) is 36.0 Å². The molecule has 28 heavy (non-hydrogen) atoms. The van der Waals surface area contributed by atoms with E-state index in [1.165, 1.54) is 12.0 Å². The highest BCUT2D eigenvalue weighted by atomic mass is 32.2. The summed E-state index contributed by atoms with van der Waals surface area (Å²) < 4.78 is 11.6. The fraction of sp³-hybridized carbons (Fsp3) is 0.409. The minimum Gasteiger partial charge on any atom is -0.405 e. The van der Waals surface area contributed by atoms with Crippen LogP contribution in [0.3, 0.4) is 0 Å². The van der Waals surface area contributed by atoms with Gasteiger partial charge in [-0.2, -0.15) is 0 Å². The number of nitrogens with two attached hydrogens (primary N) is 1. The lowest BCUT2D eigenvalue weighted by Gasteiger charge is -2.26. The van der Waals surface area contributed by atoms with E-state index in [-0.39, 0.29) is 10.9 Å². The van der Waals surface area contributed by atoms with E-state index in [4.69, 9.17) is 14.7 Å². The molecule has 0 spiro atoms. The molecule has 0 aliphatic carbocycles. The highest BCUT2D eigenvalue weighted by Crippen LogP contribution is 2.21. The monoisotopic (exact) mass is 401 g/mol. The molecule has 1 atom stereocenters. The van der Waals surface area contributed by atoms with Crippen LogP contribution in [0.1, 0.15) is 38.3 Å². The number of ether oxygens (including phenoxy) is 1. The summed E-state index contributed by atoms with van der Waals surface area (Å²) in [6, 6.07) is 12.1. The fourth-order valence-electron chi connectivity index (χ4n) is 2.41. The molecule has 0 saturated heterocycles. The second-order valence-corrected chi connectivity index (χ2v) is 8.40. The summed E-state index contributed by atoms with van der Waals surface area (Å²) in [5.74, 6) is 0.591. The van der Waals surface area contributed by atoms with Gasteiger partial charge in [0.1, 0.15) is 0 Å². The maximum atomic E-state index is 5.91. The first-order chi connectivity index (χ1) is 13.4. The van der Waals surface area contributed by atoms with E-state index in [0.29, 0.717) is 19.0 Å². The number of nitrogens with zero attached hydrogens (tertiary/aromatic N) is 1. The van der Waals surface area contributed by atoms with Gasteiger partial charge in [-0.15, -0.1) is 0 Å². The molecule has 5 nitrogen and oxygen atoms in total. The molecule has 152 valence electrons. The number of rotatable bonds is 11. The number of nitrogens with one attached hydrogen (secondary N) is 1. The van der Waals surface area contributed by atoms with Gasteiger partial charge in [0.15, 0.2) is 0 Å². The number of pyridine rings is 1. The zero-order valence-corrected chi connectivity index (χ0v) is 18.0. The third-order valence-electron chi connectivity index (χ3n) is 4.18. The summed E-state index contributed by atoms with van der Waals surface area (Å²) >= 11 is 1.37. The van der Waals surface area contributed by atoms with Crippen molar-refractivity contribution < 1.29 is 8.92 Å². The van der Waals surface area contributed by atoms with Crippen LogP contribution in [0, 0.1) is 0 Å². The van der Waals surface area contributed by atoms with Gasteiger partial charge in [-0.25, -0.2) is 4.98 Å². The van der Waals surface area contributed by atoms with E-state index in [2.05, 4.69) is 49.3 Å². The van der Waals surface area contributed by atoms with Crippen molar-refractivity contribution in [1.29, 1.82) is 0 Å². The Morgan fingerprint density at radius 1 is 1.14 bits per heavy atom. The zero-order valence-electron chi connectivity index (χ0n) is 17.1. The average Bonchev–Trinajstić information content (AvgIpc) is 2.70. The molecule has 1 aromatic heterocycles. The van der Waals surface area contributed by atoms with E-state index in [0.717, 1.165) is 23.2 Å². The molecule has 3 N–H and O–H groups in total. The molecule has 6 heteroatoms. The van der Waals surface area contributed by atoms with Crippen LogP contribution in [-0.2, 0) is 4.74 Å². The van der Waals surface area contributed by atoms with E-state index >= 15 is 0 Å². The molecule has 0 bridgehead atoms. The molecule has 0 aliphatic heterocycles. The zero-order chi connectivity index (χ0) is 20.4. The number of hydrogen-bond acceptors (Lipinski definition) is 6.